The summed E-state index contributed by atoms with van der Waals surface area (Å²) in [5, 5.41) is 3.53. The molecule has 0 bridgehead atoms. The van der Waals surface area contributed by atoms with E-state index in [0.29, 0.717) is 0 Å². The Kier molecular flexibility index (Phi) is 5.09. The third-order valence-electron chi connectivity index (χ3n) is 4.43. The van der Waals surface area contributed by atoms with Crippen LogP contribution in [0.5, 0.6) is 5.88 Å². The molecule has 2 fully saturated rings. The fraction of sp³-hybridized carbons (Fsp3) is 0.706. The molecule has 0 spiro atoms. The molecule has 1 saturated carbocycles. The Balaban J connectivity index is 1.43. The Bertz CT molecular complexity index is 453. The van der Waals surface area contributed by atoms with Gasteiger partial charge in [-0.25, -0.2) is 4.98 Å². The summed E-state index contributed by atoms with van der Waals surface area (Å²) in [4.78, 5) is 7.06. The van der Waals surface area contributed by atoms with E-state index in [1.165, 1.54) is 50.8 Å². The standard InChI is InChI=1S/C17H27N3O/c1-14-15(13-18-16-6-7-16)5-8-17(19-14)21-12-11-20-9-3-2-4-10-20/h5,8,16,18H,2-4,6-7,9-13H2,1H3. The van der Waals surface area contributed by atoms with E-state index >= 15 is 0 Å². The lowest BCUT2D eigenvalue weighted by Crippen LogP contribution is -2.33. The molecule has 116 valence electrons. The fourth-order valence-electron chi connectivity index (χ4n) is 2.84. The van der Waals surface area contributed by atoms with Crippen molar-refractivity contribution in [3.63, 3.8) is 0 Å². The fourth-order valence-corrected chi connectivity index (χ4v) is 2.84. The minimum Gasteiger partial charge on any atom is -0.476 e. The highest BCUT2D eigenvalue weighted by molar-refractivity contribution is 5.25. The normalized spacial score (nSPS) is 19.7. The average molecular weight is 289 g/mol. The van der Waals surface area contributed by atoms with Crippen molar-refractivity contribution in [2.45, 2.75) is 51.6 Å². The summed E-state index contributed by atoms with van der Waals surface area (Å²) >= 11 is 0. The lowest BCUT2D eigenvalue weighted by molar-refractivity contribution is 0.180. The van der Waals surface area contributed by atoms with E-state index in [-0.39, 0.29) is 0 Å². The van der Waals surface area contributed by atoms with Crippen molar-refractivity contribution < 1.29 is 4.74 Å². The van der Waals surface area contributed by atoms with Crippen LogP contribution in [0, 0.1) is 6.92 Å². The van der Waals surface area contributed by atoms with E-state index in [2.05, 4.69) is 28.2 Å². The van der Waals surface area contributed by atoms with Gasteiger partial charge in [0.25, 0.3) is 0 Å². The Labute approximate surface area is 127 Å². The van der Waals surface area contributed by atoms with Gasteiger partial charge in [0.1, 0.15) is 6.61 Å². The zero-order valence-electron chi connectivity index (χ0n) is 13.1. The summed E-state index contributed by atoms with van der Waals surface area (Å²) in [5.74, 6) is 0.764. The van der Waals surface area contributed by atoms with Gasteiger partial charge in [0.2, 0.25) is 5.88 Å². The molecule has 1 saturated heterocycles. The first-order valence-corrected chi connectivity index (χ1v) is 8.36. The van der Waals surface area contributed by atoms with E-state index in [9.17, 15) is 0 Å². The maximum Gasteiger partial charge on any atom is 0.213 e. The minimum absolute atomic E-state index is 0.741. The largest absolute Gasteiger partial charge is 0.476 e. The second kappa shape index (κ2) is 7.23. The van der Waals surface area contributed by atoms with Crippen LogP contribution >= 0.6 is 0 Å². The maximum absolute atomic E-state index is 5.81. The van der Waals surface area contributed by atoms with Gasteiger partial charge in [-0.1, -0.05) is 12.5 Å². The van der Waals surface area contributed by atoms with Gasteiger partial charge in [-0.05, 0) is 51.3 Å². The number of likely N-dealkylation sites (tertiary alicyclic amines) is 1. The van der Waals surface area contributed by atoms with Crippen LogP contribution in [0.25, 0.3) is 0 Å². The van der Waals surface area contributed by atoms with Crippen molar-refractivity contribution >= 4 is 0 Å². The van der Waals surface area contributed by atoms with Gasteiger partial charge in [-0.2, -0.15) is 0 Å². The molecule has 4 heteroatoms. The number of aryl methyl sites for hydroxylation is 1. The number of piperidine rings is 1. The van der Waals surface area contributed by atoms with Crippen LogP contribution in [0.1, 0.15) is 43.4 Å². The topological polar surface area (TPSA) is 37.4 Å². The summed E-state index contributed by atoms with van der Waals surface area (Å²) in [6.45, 7) is 7.21. The molecule has 1 aromatic rings. The average Bonchev–Trinajstić information content (AvgIpc) is 3.32. The number of rotatable bonds is 7. The number of ether oxygens (including phenoxy) is 1. The summed E-state index contributed by atoms with van der Waals surface area (Å²) in [5.41, 5.74) is 2.36. The molecule has 2 aliphatic rings. The molecule has 0 radical (unpaired) electrons. The Hall–Kier alpha value is -1.13. The first-order chi connectivity index (χ1) is 10.3. The van der Waals surface area contributed by atoms with Crippen molar-refractivity contribution in [3.05, 3.63) is 23.4 Å². The molecular formula is C17H27N3O. The lowest BCUT2D eigenvalue weighted by Gasteiger charge is -2.26. The smallest absolute Gasteiger partial charge is 0.213 e. The molecule has 1 aliphatic heterocycles. The zero-order chi connectivity index (χ0) is 14.5. The van der Waals surface area contributed by atoms with Crippen LogP contribution < -0.4 is 10.1 Å². The van der Waals surface area contributed by atoms with Crippen molar-refractivity contribution in [2.75, 3.05) is 26.2 Å². The molecular weight excluding hydrogens is 262 g/mol. The highest BCUT2D eigenvalue weighted by Crippen LogP contribution is 2.20. The zero-order valence-corrected chi connectivity index (χ0v) is 13.1. The molecule has 1 N–H and O–H groups in total. The molecule has 1 aliphatic carbocycles. The molecule has 0 aromatic carbocycles. The monoisotopic (exact) mass is 289 g/mol. The van der Waals surface area contributed by atoms with E-state index in [0.717, 1.165) is 37.3 Å². The van der Waals surface area contributed by atoms with Gasteiger partial charge >= 0.3 is 0 Å². The number of nitrogens with zero attached hydrogens (tertiary/aromatic N) is 2. The number of hydrogen-bond donors (Lipinski definition) is 1. The van der Waals surface area contributed by atoms with Crippen molar-refractivity contribution in [1.29, 1.82) is 0 Å². The SMILES string of the molecule is Cc1nc(OCCN2CCCCC2)ccc1CNC1CC1. The van der Waals surface area contributed by atoms with E-state index in [1.54, 1.807) is 0 Å². The van der Waals surface area contributed by atoms with Gasteiger partial charge in [0.05, 0.1) is 0 Å². The predicted octanol–water partition coefficient (Wildman–Crippen LogP) is 2.51. The Morgan fingerprint density at radius 3 is 2.76 bits per heavy atom. The number of aromatic nitrogens is 1. The van der Waals surface area contributed by atoms with Crippen LogP contribution in [0.4, 0.5) is 0 Å². The van der Waals surface area contributed by atoms with Gasteiger partial charge in [0, 0.05) is 30.9 Å². The summed E-state index contributed by atoms with van der Waals surface area (Å²) in [7, 11) is 0. The minimum atomic E-state index is 0.741. The molecule has 0 amide bonds. The Morgan fingerprint density at radius 2 is 2.05 bits per heavy atom. The first-order valence-electron chi connectivity index (χ1n) is 8.36. The van der Waals surface area contributed by atoms with Gasteiger partial charge in [-0.3, -0.25) is 4.90 Å². The number of nitrogens with one attached hydrogen (secondary N) is 1. The molecule has 2 heterocycles. The molecule has 3 rings (SSSR count). The highest BCUT2D eigenvalue weighted by atomic mass is 16.5. The molecule has 1 aromatic heterocycles. The van der Waals surface area contributed by atoms with Crippen LogP contribution in [0.2, 0.25) is 0 Å². The summed E-state index contributed by atoms with van der Waals surface area (Å²) in [6.07, 6.45) is 6.70. The van der Waals surface area contributed by atoms with E-state index in [1.807, 2.05) is 6.07 Å². The molecule has 0 unspecified atom stereocenters. The van der Waals surface area contributed by atoms with Crippen LogP contribution in [-0.4, -0.2) is 42.2 Å². The van der Waals surface area contributed by atoms with E-state index in [4.69, 9.17) is 4.74 Å². The van der Waals surface area contributed by atoms with Gasteiger partial charge in [0.15, 0.2) is 0 Å². The van der Waals surface area contributed by atoms with Gasteiger partial charge in [-0.15, -0.1) is 0 Å². The highest BCUT2D eigenvalue weighted by Gasteiger charge is 2.20. The van der Waals surface area contributed by atoms with Crippen LogP contribution in [0.3, 0.4) is 0 Å². The molecule has 0 atom stereocenters. The van der Waals surface area contributed by atoms with Crippen molar-refractivity contribution in [3.8, 4) is 5.88 Å². The van der Waals surface area contributed by atoms with Crippen LogP contribution in [-0.2, 0) is 6.54 Å². The summed E-state index contributed by atoms with van der Waals surface area (Å²) in [6, 6.07) is 4.89. The quantitative estimate of drug-likeness (QED) is 0.837. The Morgan fingerprint density at radius 1 is 1.24 bits per heavy atom. The first kappa shape index (κ1) is 14.8. The maximum atomic E-state index is 5.81. The second-order valence-corrected chi connectivity index (χ2v) is 6.30. The third-order valence-corrected chi connectivity index (χ3v) is 4.43. The van der Waals surface area contributed by atoms with Crippen molar-refractivity contribution in [2.24, 2.45) is 0 Å². The third kappa shape index (κ3) is 4.68. The molecule has 4 nitrogen and oxygen atoms in total. The van der Waals surface area contributed by atoms with E-state index < -0.39 is 0 Å². The summed E-state index contributed by atoms with van der Waals surface area (Å²) < 4.78 is 5.81. The van der Waals surface area contributed by atoms with Crippen LogP contribution in [0.15, 0.2) is 12.1 Å². The van der Waals surface area contributed by atoms with Crippen molar-refractivity contribution in [1.82, 2.24) is 15.2 Å². The van der Waals surface area contributed by atoms with Gasteiger partial charge < -0.3 is 10.1 Å². The lowest BCUT2D eigenvalue weighted by atomic mass is 10.1. The predicted molar refractivity (Wildman–Crippen MR) is 84.6 cm³/mol. The number of hydrogen-bond acceptors (Lipinski definition) is 4. The second-order valence-electron chi connectivity index (χ2n) is 6.30. The molecule has 21 heavy (non-hydrogen) atoms. The number of pyridine rings is 1.